The highest BCUT2D eigenvalue weighted by Gasteiger charge is 2.27. The molecule has 2 aliphatic heterocycles. The van der Waals surface area contributed by atoms with Gasteiger partial charge in [0, 0.05) is 31.5 Å². The van der Waals surface area contributed by atoms with Gasteiger partial charge in [0.25, 0.3) is 5.91 Å². The fourth-order valence-electron chi connectivity index (χ4n) is 3.27. The first-order chi connectivity index (χ1) is 14.4. The van der Waals surface area contributed by atoms with Crippen molar-refractivity contribution >= 4 is 57.0 Å². The number of hydrogen-bond acceptors (Lipinski definition) is 6. The number of thiazole rings is 1. The van der Waals surface area contributed by atoms with Crippen molar-refractivity contribution in [3.63, 3.8) is 0 Å². The predicted octanol–water partition coefficient (Wildman–Crippen LogP) is 4.56. The molecule has 0 bridgehead atoms. The van der Waals surface area contributed by atoms with Crippen LogP contribution in [0.5, 0.6) is 0 Å². The van der Waals surface area contributed by atoms with Gasteiger partial charge < -0.3 is 4.90 Å². The first kappa shape index (κ1) is 20.7. The summed E-state index contributed by atoms with van der Waals surface area (Å²) in [6.07, 6.45) is 4.98. The van der Waals surface area contributed by atoms with Crippen LogP contribution >= 0.6 is 23.1 Å². The molecule has 2 aliphatic rings. The van der Waals surface area contributed by atoms with E-state index in [0.29, 0.717) is 15.8 Å². The molecule has 4 rings (SSSR count). The largest absolute Gasteiger partial charge is 0.351 e. The minimum atomic E-state index is -0.860. The summed E-state index contributed by atoms with van der Waals surface area (Å²) in [7, 11) is 0. The predicted molar refractivity (Wildman–Crippen MR) is 115 cm³/mol. The number of benzene rings is 1. The zero-order valence-electron chi connectivity index (χ0n) is 16.1. The van der Waals surface area contributed by atoms with E-state index in [1.165, 1.54) is 31.2 Å². The highest BCUT2D eigenvalue weighted by molar-refractivity contribution is 8.18. The molecule has 2 aromatic rings. The number of hydrogen-bond donors (Lipinski definition) is 0. The molecule has 0 aliphatic carbocycles. The van der Waals surface area contributed by atoms with Crippen LogP contribution < -0.4 is 4.90 Å². The maximum absolute atomic E-state index is 14.2. The summed E-state index contributed by atoms with van der Waals surface area (Å²) in [6.45, 7) is 3.06. The quantitative estimate of drug-likeness (QED) is 0.644. The first-order valence-corrected chi connectivity index (χ1v) is 11.1. The lowest BCUT2D eigenvalue weighted by molar-refractivity contribution is -0.116. The normalized spacial score (nSPS) is 18.1. The topological polar surface area (TPSA) is 65.9 Å². The van der Waals surface area contributed by atoms with Crippen LogP contribution in [0.1, 0.15) is 31.9 Å². The van der Waals surface area contributed by atoms with Crippen LogP contribution in [0.15, 0.2) is 33.5 Å². The number of carbonyl (C=O) groups is 2. The summed E-state index contributed by atoms with van der Waals surface area (Å²) in [5, 5.41) is 2.61. The molecule has 1 aromatic carbocycles. The maximum Gasteiger partial charge on any atom is 0.286 e. The lowest BCUT2D eigenvalue weighted by Crippen LogP contribution is -2.33. The van der Waals surface area contributed by atoms with Gasteiger partial charge >= 0.3 is 0 Å². The monoisotopic (exact) mass is 448 g/mol. The number of carbonyl (C=O) groups excluding carboxylic acids is 2. The zero-order chi connectivity index (χ0) is 21.3. The third kappa shape index (κ3) is 4.29. The molecule has 30 heavy (non-hydrogen) atoms. The standard InChI is InChI=1S/C20H18F2N4O2S2/c1-12(27)26(16-6-5-13(21)9-15(16)22)20-23-14(11-29-20)10-17-18(28)24-19(30-17)25-7-3-2-4-8-25/h5-6,9-11H,2-4,7-8H2,1H3/b17-10-. The Morgan fingerprint density at radius 3 is 2.70 bits per heavy atom. The van der Waals surface area contributed by atoms with Gasteiger partial charge in [-0.25, -0.2) is 13.8 Å². The molecule has 156 valence electrons. The fraction of sp³-hybridized carbons (Fsp3) is 0.300. The minimum absolute atomic E-state index is 0.0838. The summed E-state index contributed by atoms with van der Waals surface area (Å²) < 4.78 is 27.5. The Bertz CT molecular complexity index is 1060. The van der Waals surface area contributed by atoms with Crippen molar-refractivity contribution in [1.82, 2.24) is 9.88 Å². The van der Waals surface area contributed by atoms with E-state index in [0.717, 1.165) is 54.3 Å². The molecule has 1 saturated heterocycles. The van der Waals surface area contributed by atoms with E-state index < -0.39 is 17.5 Å². The molecule has 3 heterocycles. The SMILES string of the molecule is CC(=O)N(c1nc(/C=C2\SC(N3CCCCC3)=NC2=O)cs1)c1ccc(F)cc1F. The molecule has 2 amide bonds. The summed E-state index contributed by atoms with van der Waals surface area (Å²) in [6, 6.07) is 2.99. The second kappa shape index (κ2) is 8.65. The minimum Gasteiger partial charge on any atom is -0.351 e. The molecule has 0 atom stereocenters. The lowest BCUT2D eigenvalue weighted by atomic mass is 10.1. The number of aliphatic imine (C=N–C) groups is 1. The average Bonchev–Trinajstić information content (AvgIpc) is 3.32. The second-order valence-electron chi connectivity index (χ2n) is 6.86. The van der Waals surface area contributed by atoms with E-state index in [9.17, 15) is 18.4 Å². The smallest absolute Gasteiger partial charge is 0.286 e. The Morgan fingerprint density at radius 2 is 2.00 bits per heavy atom. The summed E-state index contributed by atoms with van der Waals surface area (Å²) in [4.78, 5) is 36.6. The number of halogens is 2. The van der Waals surface area contributed by atoms with Crippen molar-refractivity contribution in [2.75, 3.05) is 18.0 Å². The van der Waals surface area contributed by atoms with Crippen molar-refractivity contribution < 1.29 is 18.4 Å². The Kier molecular flexibility index (Phi) is 5.96. The first-order valence-electron chi connectivity index (χ1n) is 9.41. The Labute approximate surface area is 180 Å². The fourth-order valence-corrected chi connectivity index (χ4v) is 5.05. The summed E-state index contributed by atoms with van der Waals surface area (Å²) in [5.41, 5.74) is 0.384. The van der Waals surface area contributed by atoms with Gasteiger partial charge in [-0.2, -0.15) is 4.99 Å². The van der Waals surface area contributed by atoms with Gasteiger partial charge in [0.15, 0.2) is 10.3 Å². The molecule has 0 unspecified atom stereocenters. The van der Waals surface area contributed by atoms with Crippen LogP contribution in [0.4, 0.5) is 19.6 Å². The van der Waals surface area contributed by atoms with E-state index in [4.69, 9.17) is 0 Å². The van der Waals surface area contributed by atoms with Crippen LogP contribution in [0, 0.1) is 11.6 Å². The van der Waals surface area contributed by atoms with Crippen LogP contribution in [0.25, 0.3) is 6.08 Å². The number of likely N-dealkylation sites (tertiary alicyclic amines) is 1. The molecule has 1 fully saturated rings. The highest BCUT2D eigenvalue weighted by Crippen LogP contribution is 2.34. The van der Waals surface area contributed by atoms with Crippen molar-refractivity contribution in [3.05, 3.63) is 45.8 Å². The van der Waals surface area contributed by atoms with Crippen molar-refractivity contribution in [2.24, 2.45) is 4.99 Å². The lowest BCUT2D eigenvalue weighted by Gasteiger charge is -2.27. The number of nitrogens with zero attached hydrogens (tertiary/aromatic N) is 4. The third-order valence-corrected chi connectivity index (χ3v) is 6.57. The number of amidine groups is 1. The van der Waals surface area contributed by atoms with E-state index in [2.05, 4.69) is 14.9 Å². The van der Waals surface area contributed by atoms with Gasteiger partial charge in [0.2, 0.25) is 5.91 Å². The number of thioether (sulfide) groups is 1. The van der Waals surface area contributed by atoms with Crippen LogP contribution in [-0.4, -0.2) is 40.0 Å². The molecule has 0 saturated carbocycles. The van der Waals surface area contributed by atoms with Crippen LogP contribution in [0.3, 0.4) is 0 Å². The Morgan fingerprint density at radius 1 is 1.23 bits per heavy atom. The number of aromatic nitrogens is 1. The molecule has 0 N–H and O–H groups in total. The molecule has 10 heteroatoms. The molecule has 0 spiro atoms. The van der Waals surface area contributed by atoms with Gasteiger partial charge in [-0.1, -0.05) is 0 Å². The maximum atomic E-state index is 14.2. The van der Waals surface area contributed by atoms with E-state index in [1.54, 1.807) is 11.5 Å². The van der Waals surface area contributed by atoms with Gasteiger partial charge in [-0.05, 0) is 49.2 Å². The van der Waals surface area contributed by atoms with E-state index in [-0.39, 0.29) is 16.7 Å². The van der Waals surface area contributed by atoms with Gasteiger partial charge in [-0.15, -0.1) is 11.3 Å². The highest BCUT2D eigenvalue weighted by atomic mass is 32.2. The number of amides is 2. The van der Waals surface area contributed by atoms with E-state index in [1.807, 2.05) is 0 Å². The Hall–Kier alpha value is -2.59. The van der Waals surface area contributed by atoms with E-state index >= 15 is 0 Å². The number of piperidine rings is 1. The van der Waals surface area contributed by atoms with Gasteiger partial charge in [-0.3, -0.25) is 14.5 Å². The van der Waals surface area contributed by atoms with Crippen molar-refractivity contribution in [3.8, 4) is 0 Å². The molecular formula is C20H18F2N4O2S2. The molecule has 0 radical (unpaired) electrons. The zero-order valence-corrected chi connectivity index (χ0v) is 17.7. The molecule has 1 aromatic heterocycles. The summed E-state index contributed by atoms with van der Waals surface area (Å²) in [5.74, 6) is -2.37. The summed E-state index contributed by atoms with van der Waals surface area (Å²) >= 11 is 2.44. The van der Waals surface area contributed by atoms with Gasteiger partial charge in [0.1, 0.15) is 11.6 Å². The number of anilines is 2. The molecular weight excluding hydrogens is 430 g/mol. The molecule has 6 nitrogen and oxygen atoms in total. The van der Waals surface area contributed by atoms with Crippen molar-refractivity contribution in [1.29, 1.82) is 0 Å². The average molecular weight is 449 g/mol. The second-order valence-corrected chi connectivity index (χ2v) is 8.71. The number of rotatable bonds is 3. The van der Waals surface area contributed by atoms with Crippen molar-refractivity contribution in [2.45, 2.75) is 26.2 Å². The van der Waals surface area contributed by atoms with Gasteiger partial charge in [0.05, 0.1) is 16.3 Å². The van der Waals surface area contributed by atoms with Crippen LogP contribution in [0.2, 0.25) is 0 Å². The Balaban J connectivity index is 1.56. The third-order valence-electron chi connectivity index (χ3n) is 4.68. The van der Waals surface area contributed by atoms with Crippen LogP contribution in [-0.2, 0) is 9.59 Å².